The summed E-state index contributed by atoms with van der Waals surface area (Å²) in [6, 6.07) is 15.9. The van der Waals surface area contributed by atoms with E-state index in [1.165, 1.54) is 0 Å². The summed E-state index contributed by atoms with van der Waals surface area (Å²) in [6.07, 6.45) is 8.80. The van der Waals surface area contributed by atoms with Gasteiger partial charge >= 0.3 is 0 Å². The number of amides is 1. The smallest absolute Gasteiger partial charge is 0.225 e. The third kappa shape index (κ3) is 6.72. The third-order valence-electron chi connectivity index (χ3n) is 7.43. The van der Waals surface area contributed by atoms with Crippen LogP contribution in [-0.4, -0.2) is 62.5 Å². The molecule has 0 radical (unpaired) electrons. The summed E-state index contributed by atoms with van der Waals surface area (Å²) >= 11 is 0. The molecule has 2 aliphatic rings. The van der Waals surface area contributed by atoms with Crippen molar-refractivity contribution >= 4 is 17.6 Å². The number of carbonyl (C=O) groups excluding carboxylic acids is 1. The van der Waals surface area contributed by atoms with Gasteiger partial charge in [-0.2, -0.15) is 0 Å². The van der Waals surface area contributed by atoms with Gasteiger partial charge in [-0.3, -0.25) is 14.7 Å². The molecular formula is C29H35N7O2. The molecule has 4 heterocycles. The normalized spacial score (nSPS) is 17.9. The Labute approximate surface area is 223 Å². The van der Waals surface area contributed by atoms with Crippen molar-refractivity contribution in [1.82, 2.24) is 24.8 Å². The number of piperidine rings is 2. The molecular weight excluding hydrogens is 478 g/mol. The van der Waals surface area contributed by atoms with Crippen molar-refractivity contribution in [2.24, 2.45) is 17.0 Å². The van der Waals surface area contributed by atoms with Gasteiger partial charge in [0.2, 0.25) is 11.9 Å². The van der Waals surface area contributed by atoms with Gasteiger partial charge in [0, 0.05) is 55.6 Å². The third-order valence-corrected chi connectivity index (χ3v) is 7.43. The lowest BCUT2D eigenvalue weighted by molar-refractivity contribution is -0.138. The summed E-state index contributed by atoms with van der Waals surface area (Å²) in [6.45, 7) is 4.46. The van der Waals surface area contributed by atoms with Crippen LogP contribution in [0.4, 0.5) is 5.95 Å². The van der Waals surface area contributed by atoms with Gasteiger partial charge in [0.15, 0.2) is 0 Å². The fraction of sp³-hybridized carbons (Fsp3) is 0.414. The van der Waals surface area contributed by atoms with E-state index in [4.69, 9.17) is 10.6 Å². The number of oxime groups is 1. The Hall–Kier alpha value is -3.85. The second-order valence-corrected chi connectivity index (χ2v) is 10.1. The lowest BCUT2D eigenvalue weighted by Gasteiger charge is -2.37. The van der Waals surface area contributed by atoms with E-state index in [1.54, 1.807) is 18.6 Å². The molecule has 0 spiro atoms. The number of nitrogens with zero attached hydrogens (tertiary/aromatic N) is 6. The zero-order valence-corrected chi connectivity index (χ0v) is 21.7. The van der Waals surface area contributed by atoms with E-state index in [0.29, 0.717) is 12.6 Å². The molecule has 2 aliphatic heterocycles. The molecule has 1 amide bonds. The van der Waals surface area contributed by atoms with Gasteiger partial charge < -0.3 is 15.5 Å². The Balaban J connectivity index is 1.13. The minimum absolute atomic E-state index is 0.0867. The number of aromatic nitrogens is 3. The number of hydrogen-bond donors (Lipinski definition) is 1. The molecule has 1 aromatic carbocycles. The van der Waals surface area contributed by atoms with Gasteiger partial charge in [0.1, 0.15) is 12.3 Å². The second-order valence-electron chi connectivity index (χ2n) is 10.1. The van der Waals surface area contributed by atoms with Gasteiger partial charge in [-0.05, 0) is 56.5 Å². The van der Waals surface area contributed by atoms with Gasteiger partial charge in [-0.1, -0.05) is 41.6 Å². The van der Waals surface area contributed by atoms with Crippen molar-refractivity contribution in [2.45, 2.75) is 38.8 Å². The van der Waals surface area contributed by atoms with Crippen LogP contribution in [0.2, 0.25) is 0 Å². The largest absolute Gasteiger partial charge is 0.391 e. The Morgan fingerprint density at radius 1 is 0.868 bits per heavy atom. The summed E-state index contributed by atoms with van der Waals surface area (Å²) in [5, 5.41) is 4.55. The highest BCUT2D eigenvalue weighted by Crippen LogP contribution is 2.26. The van der Waals surface area contributed by atoms with E-state index in [-0.39, 0.29) is 17.7 Å². The standard InChI is InChI=1S/C29H35N7O2/c30-29-32-18-23(19-33-29)20-35-14-9-25(10-15-35)28(37)36-16-11-24(12-17-36)27(26-8-4-5-13-31-26)34-38-21-22-6-2-1-3-7-22/h1-8,13,18-19,24-25H,9-12,14-17,20-21H2,(H2,30,32,33)/b34-27-. The fourth-order valence-corrected chi connectivity index (χ4v) is 5.27. The summed E-state index contributed by atoms with van der Waals surface area (Å²) < 4.78 is 0. The summed E-state index contributed by atoms with van der Waals surface area (Å²) in [4.78, 5) is 36.2. The Morgan fingerprint density at radius 3 is 2.24 bits per heavy atom. The number of hydrogen-bond acceptors (Lipinski definition) is 8. The van der Waals surface area contributed by atoms with Crippen molar-refractivity contribution in [1.29, 1.82) is 0 Å². The molecule has 0 saturated carbocycles. The van der Waals surface area contributed by atoms with E-state index in [9.17, 15) is 4.79 Å². The number of carbonyl (C=O) groups is 1. The molecule has 2 aromatic heterocycles. The maximum Gasteiger partial charge on any atom is 0.225 e. The minimum Gasteiger partial charge on any atom is -0.391 e. The number of nitrogen functional groups attached to an aromatic ring is 1. The van der Waals surface area contributed by atoms with Crippen LogP contribution in [0.5, 0.6) is 0 Å². The molecule has 2 N–H and O–H groups in total. The Kier molecular flexibility index (Phi) is 8.55. The van der Waals surface area contributed by atoms with Crippen LogP contribution in [0.15, 0.2) is 72.3 Å². The number of rotatable bonds is 8. The number of likely N-dealkylation sites (tertiary alicyclic amines) is 2. The van der Waals surface area contributed by atoms with Crippen molar-refractivity contribution < 1.29 is 9.63 Å². The molecule has 0 aliphatic carbocycles. The second kappa shape index (κ2) is 12.6. The quantitative estimate of drug-likeness (QED) is 0.362. The number of anilines is 1. The lowest BCUT2D eigenvalue weighted by atomic mass is 9.88. The average molecular weight is 514 g/mol. The van der Waals surface area contributed by atoms with Crippen molar-refractivity contribution in [3.63, 3.8) is 0 Å². The number of nitrogens with two attached hydrogens (primary N) is 1. The monoisotopic (exact) mass is 513 g/mol. The minimum atomic E-state index is 0.0867. The first-order chi connectivity index (χ1) is 18.7. The predicted octanol–water partition coefficient (Wildman–Crippen LogP) is 3.53. The zero-order valence-electron chi connectivity index (χ0n) is 21.7. The van der Waals surface area contributed by atoms with Crippen LogP contribution in [0.3, 0.4) is 0 Å². The first-order valence-electron chi connectivity index (χ1n) is 13.4. The first-order valence-corrected chi connectivity index (χ1v) is 13.4. The fourth-order valence-electron chi connectivity index (χ4n) is 5.27. The van der Waals surface area contributed by atoms with Gasteiger partial charge in [-0.15, -0.1) is 0 Å². The molecule has 2 fully saturated rings. The van der Waals surface area contributed by atoms with E-state index >= 15 is 0 Å². The van der Waals surface area contributed by atoms with E-state index in [2.05, 4.69) is 25.0 Å². The zero-order chi connectivity index (χ0) is 26.2. The van der Waals surface area contributed by atoms with Crippen molar-refractivity contribution in [3.8, 4) is 0 Å². The van der Waals surface area contributed by atoms with E-state index in [0.717, 1.165) is 80.9 Å². The van der Waals surface area contributed by atoms with Crippen LogP contribution in [0.1, 0.15) is 42.5 Å². The molecule has 0 unspecified atom stereocenters. The molecule has 0 atom stereocenters. The van der Waals surface area contributed by atoms with Gasteiger partial charge in [0.05, 0.1) is 5.69 Å². The molecule has 3 aromatic rings. The summed E-state index contributed by atoms with van der Waals surface area (Å²) in [5.74, 6) is 0.868. The molecule has 2 saturated heterocycles. The summed E-state index contributed by atoms with van der Waals surface area (Å²) in [5.41, 5.74) is 9.41. The Morgan fingerprint density at radius 2 is 1.55 bits per heavy atom. The number of pyridine rings is 1. The first kappa shape index (κ1) is 25.8. The van der Waals surface area contributed by atoms with Crippen LogP contribution in [0, 0.1) is 11.8 Å². The molecule has 38 heavy (non-hydrogen) atoms. The van der Waals surface area contributed by atoms with Crippen LogP contribution < -0.4 is 5.73 Å². The van der Waals surface area contributed by atoms with E-state index in [1.807, 2.05) is 53.4 Å². The highest BCUT2D eigenvalue weighted by molar-refractivity contribution is 6.00. The maximum atomic E-state index is 13.3. The molecule has 198 valence electrons. The number of benzene rings is 1. The molecule has 5 rings (SSSR count). The van der Waals surface area contributed by atoms with Crippen LogP contribution >= 0.6 is 0 Å². The van der Waals surface area contributed by atoms with E-state index < -0.39 is 0 Å². The topological polar surface area (TPSA) is 110 Å². The van der Waals surface area contributed by atoms with Crippen LogP contribution in [0.25, 0.3) is 0 Å². The summed E-state index contributed by atoms with van der Waals surface area (Å²) in [7, 11) is 0. The molecule has 0 bridgehead atoms. The average Bonchev–Trinajstić information content (AvgIpc) is 2.98. The lowest BCUT2D eigenvalue weighted by Crippen LogP contribution is -2.46. The van der Waals surface area contributed by atoms with Gasteiger partial charge in [-0.25, -0.2) is 9.97 Å². The maximum absolute atomic E-state index is 13.3. The van der Waals surface area contributed by atoms with Crippen molar-refractivity contribution in [3.05, 3.63) is 83.9 Å². The highest BCUT2D eigenvalue weighted by atomic mass is 16.6. The van der Waals surface area contributed by atoms with Gasteiger partial charge in [0.25, 0.3) is 0 Å². The Bertz CT molecular complexity index is 1190. The molecule has 9 nitrogen and oxygen atoms in total. The molecule has 9 heteroatoms. The van der Waals surface area contributed by atoms with Crippen LogP contribution in [-0.2, 0) is 22.8 Å². The SMILES string of the molecule is Nc1ncc(CN2CCC(C(=O)N3CCC(/C(=N/OCc4ccccc4)c4ccccn4)CC3)CC2)cn1. The highest BCUT2D eigenvalue weighted by Gasteiger charge is 2.32. The van der Waals surface area contributed by atoms with Crippen molar-refractivity contribution in [2.75, 3.05) is 31.9 Å². The predicted molar refractivity (Wildman–Crippen MR) is 146 cm³/mol.